The van der Waals surface area contributed by atoms with Crippen LogP contribution in [0.4, 0.5) is 0 Å². The molecule has 1 saturated heterocycles. The smallest absolute Gasteiger partial charge is 0.0688 e. The molecule has 0 bridgehead atoms. The summed E-state index contributed by atoms with van der Waals surface area (Å²) in [5, 5.41) is 4.19. The SMILES string of the molecule is NC1(c2ccsc2)CCCOC1. The Morgan fingerprint density at radius 1 is 1.58 bits per heavy atom. The van der Waals surface area contributed by atoms with E-state index < -0.39 is 0 Å². The van der Waals surface area contributed by atoms with Crippen molar-refractivity contribution in [3.8, 4) is 0 Å². The summed E-state index contributed by atoms with van der Waals surface area (Å²) in [6, 6.07) is 2.10. The number of nitrogens with two attached hydrogens (primary N) is 1. The van der Waals surface area contributed by atoms with Crippen LogP contribution >= 0.6 is 11.3 Å². The first kappa shape index (κ1) is 8.23. The van der Waals surface area contributed by atoms with E-state index in [-0.39, 0.29) is 5.54 Å². The van der Waals surface area contributed by atoms with Crippen molar-refractivity contribution in [1.82, 2.24) is 0 Å². The fourth-order valence-corrected chi connectivity index (χ4v) is 2.36. The summed E-state index contributed by atoms with van der Waals surface area (Å²) < 4.78 is 5.39. The molecule has 1 atom stereocenters. The Kier molecular flexibility index (Phi) is 2.17. The van der Waals surface area contributed by atoms with Gasteiger partial charge in [0.25, 0.3) is 0 Å². The Bertz CT molecular complexity index is 239. The van der Waals surface area contributed by atoms with E-state index in [0.29, 0.717) is 6.61 Å². The molecule has 2 heterocycles. The standard InChI is InChI=1S/C9H13NOS/c10-9(3-1-4-11-7-9)8-2-5-12-6-8/h2,5-6H,1,3-4,7,10H2. The topological polar surface area (TPSA) is 35.2 Å². The van der Waals surface area contributed by atoms with Crippen LogP contribution in [0.3, 0.4) is 0 Å². The quantitative estimate of drug-likeness (QED) is 0.719. The highest BCUT2D eigenvalue weighted by atomic mass is 32.1. The van der Waals surface area contributed by atoms with Gasteiger partial charge in [-0.1, -0.05) is 0 Å². The largest absolute Gasteiger partial charge is 0.379 e. The fraction of sp³-hybridized carbons (Fsp3) is 0.556. The van der Waals surface area contributed by atoms with Gasteiger partial charge in [-0.15, -0.1) is 0 Å². The predicted octanol–water partition coefficient (Wildman–Crippen LogP) is 1.71. The van der Waals surface area contributed by atoms with Crippen molar-refractivity contribution in [3.63, 3.8) is 0 Å². The van der Waals surface area contributed by atoms with E-state index in [0.717, 1.165) is 19.4 Å². The molecule has 0 amide bonds. The third-order valence-electron chi connectivity index (χ3n) is 2.37. The average Bonchev–Trinajstić information content (AvgIpc) is 2.58. The molecule has 0 radical (unpaired) electrons. The molecule has 2 nitrogen and oxygen atoms in total. The molecule has 12 heavy (non-hydrogen) atoms. The van der Waals surface area contributed by atoms with Crippen LogP contribution in [0.2, 0.25) is 0 Å². The molecule has 1 aliphatic heterocycles. The van der Waals surface area contributed by atoms with Crippen molar-refractivity contribution in [3.05, 3.63) is 22.4 Å². The van der Waals surface area contributed by atoms with E-state index in [1.165, 1.54) is 5.56 Å². The minimum atomic E-state index is -0.210. The maximum absolute atomic E-state index is 6.21. The first-order valence-corrected chi connectivity index (χ1v) is 5.15. The average molecular weight is 183 g/mol. The van der Waals surface area contributed by atoms with E-state index >= 15 is 0 Å². The Balaban J connectivity index is 2.19. The van der Waals surface area contributed by atoms with E-state index in [1.54, 1.807) is 11.3 Å². The first-order chi connectivity index (χ1) is 5.81. The monoisotopic (exact) mass is 183 g/mol. The van der Waals surface area contributed by atoms with Gasteiger partial charge in [-0.2, -0.15) is 11.3 Å². The van der Waals surface area contributed by atoms with Gasteiger partial charge in [0, 0.05) is 6.61 Å². The fourth-order valence-electron chi connectivity index (χ4n) is 1.59. The molecule has 0 aliphatic carbocycles. The first-order valence-electron chi connectivity index (χ1n) is 4.21. The summed E-state index contributed by atoms with van der Waals surface area (Å²) >= 11 is 1.70. The van der Waals surface area contributed by atoms with Crippen molar-refractivity contribution < 1.29 is 4.74 Å². The minimum absolute atomic E-state index is 0.210. The van der Waals surface area contributed by atoms with Gasteiger partial charge >= 0.3 is 0 Å². The summed E-state index contributed by atoms with van der Waals surface area (Å²) in [5.41, 5.74) is 7.23. The molecule has 2 rings (SSSR count). The second kappa shape index (κ2) is 3.17. The molecule has 1 aromatic rings. The molecule has 3 heteroatoms. The highest BCUT2D eigenvalue weighted by Gasteiger charge is 2.30. The molecular weight excluding hydrogens is 170 g/mol. The van der Waals surface area contributed by atoms with Gasteiger partial charge in [0.05, 0.1) is 12.1 Å². The normalized spacial score (nSPS) is 30.4. The second-order valence-corrected chi connectivity index (χ2v) is 4.10. The Morgan fingerprint density at radius 3 is 3.08 bits per heavy atom. The molecule has 66 valence electrons. The molecule has 1 unspecified atom stereocenters. The molecule has 2 N–H and O–H groups in total. The van der Waals surface area contributed by atoms with E-state index in [4.69, 9.17) is 10.5 Å². The molecule has 1 aliphatic rings. The molecule has 0 aromatic carbocycles. The van der Waals surface area contributed by atoms with Crippen LogP contribution in [0.15, 0.2) is 16.8 Å². The summed E-state index contributed by atoms with van der Waals surface area (Å²) in [6.45, 7) is 1.53. The predicted molar refractivity (Wildman–Crippen MR) is 50.2 cm³/mol. The maximum atomic E-state index is 6.21. The van der Waals surface area contributed by atoms with Gasteiger partial charge in [-0.05, 0) is 35.2 Å². The van der Waals surface area contributed by atoms with Gasteiger partial charge < -0.3 is 10.5 Å². The third kappa shape index (κ3) is 1.40. The Hall–Kier alpha value is -0.380. The maximum Gasteiger partial charge on any atom is 0.0688 e. The van der Waals surface area contributed by atoms with Crippen molar-refractivity contribution in [2.45, 2.75) is 18.4 Å². The Labute approximate surface area is 76.3 Å². The number of hydrogen-bond donors (Lipinski definition) is 1. The molecule has 1 fully saturated rings. The lowest BCUT2D eigenvalue weighted by molar-refractivity contribution is 0.0368. The van der Waals surface area contributed by atoms with E-state index in [9.17, 15) is 0 Å². The third-order valence-corrected chi connectivity index (χ3v) is 3.05. The van der Waals surface area contributed by atoms with Crippen LogP contribution in [0.25, 0.3) is 0 Å². The lowest BCUT2D eigenvalue weighted by atomic mass is 9.88. The highest BCUT2D eigenvalue weighted by Crippen LogP contribution is 2.28. The van der Waals surface area contributed by atoms with Gasteiger partial charge in [-0.25, -0.2) is 0 Å². The van der Waals surface area contributed by atoms with Crippen LogP contribution in [-0.4, -0.2) is 13.2 Å². The molecular formula is C9H13NOS. The zero-order valence-corrected chi connectivity index (χ0v) is 7.77. The number of rotatable bonds is 1. The summed E-state index contributed by atoms with van der Waals surface area (Å²) in [7, 11) is 0. The van der Waals surface area contributed by atoms with Gasteiger partial charge in [-0.3, -0.25) is 0 Å². The zero-order chi connectivity index (χ0) is 8.44. The van der Waals surface area contributed by atoms with Crippen LogP contribution < -0.4 is 5.73 Å². The lowest BCUT2D eigenvalue weighted by Crippen LogP contribution is -2.44. The molecule has 1 aromatic heterocycles. The van der Waals surface area contributed by atoms with Gasteiger partial charge in [0.2, 0.25) is 0 Å². The lowest BCUT2D eigenvalue weighted by Gasteiger charge is -2.32. The number of ether oxygens (including phenoxy) is 1. The van der Waals surface area contributed by atoms with Crippen molar-refractivity contribution in [1.29, 1.82) is 0 Å². The van der Waals surface area contributed by atoms with Crippen LogP contribution in [0.5, 0.6) is 0 Å². The van der Waals surface area contributed by atoms with Crippen molar-refractivity contribution in [2.75, 3.05) is 13.2 Å². The van der Waals surface area contributed by atoms with Crippen LogP contribution in [0, 0.1) is 0 Å². The minimum Gasteiger partial charge on any atom is -0.379 e. The zero-order valence-electron chi connectivity index (χ0n) is 6.95. The number of thiophene rings is 1. The van der Waals surface area contributed by atoms with Crippen LogP contribution in [0.1, 0.15) is 18.4 Å². The summed E-state index contributed by atoms with van der Waals surface area (Å²) in [6.07, 6.45) is 2.12. The van der Waals surface area contributed by atoms with Gasteiger partial charge in [0.15, 0.2) is 0 Å². The van der Waals surface area contributed by atoms with Gasteiger partial charge in [0.1, 0.15) is 0 Å². The van der Waals surface area contributed by atoms with E-state index in [1.807, 2.05) is 0 Å². The molecule has 0 saturated carbocycles. The van der Waals surface area contributed by atoms with Crippen LogP contribution in [-0.2, 0) is 10.3 Å². The number of hydrogen-bond acceptors (Lipinski definition) is 3. The summed E-state index contributed by atoms with van der Waals surface area (Å²) in [5.74, 6) is 0. The molecule has 0 spiro atoms. The van der Waals surface area contributed by atoms with Crippen molar-refractivity contribution >= 4 is 11.3 Å². The summed E-state index contributed by atoms with van der Waals surface area (Å²) in [4.78, 5) is 0. The highest BCUT2D eigenvalue weighted by molar-refractivity contribution is 7.08. The van der Waals surface area contributed by atoms with Crippen molar-refractivity contribution in [2.24, 2.45) is 5.73 Å². The Morgan fingerprint density at radius 2 is 2.50 bits per heavy atom. The second-order valence-electron chi connectivity index (χ2n) is 3.32. The van der Waals surface area contributed by atoms with E-state index in [2.05, 4.69) is 16.8 Å².